The van der Waals surface area contributed by atoms with Crippen LogP contribution in [0, 0.1) is 50.2 Å². The summed E-state index contributed by atoms with van der Waals surface area (Å²) in [5, 5.41) is 141. The van der Waals surface area contributed by atoms with Crippen LogP contribution in [-0.4, -0.2) is 234 Å². The lowest BCUT2D eigenvalue weighted by atomic mass is 9.33. The molecule has 0 bridgehead atoms. The van der Waals surface area contributed by atoms with Gasteiger partial charge in [-0.2, -0.15) is 0 Å². The summed E-state index contributed by atoms with van der Waals surface area (Å²) in [7, 11) is 0. The van der Waals surface area contributed by atoms with Crippen molar-refractivity contribution in [1.82, 2.24) is 0 Å². The maximum Gasteiger partial charge on any atom is 0.187 e. The highest BCUT2D eigenvalue weighted by Crippen LogP contribution is 2.79. The van der Waals surface area contributed by atoms with Gasteiger partial charge in [0.15, 0.2) is 25.2 Å². The molecule has 0 amide bonds. The van der Waals surface area contributed by atoms with Crippen molar-refractivity contribution < 1.29 is 109 Å². The highest BCUT2D eigenvalue weighted by molar-refractivity contribution is 5.40. The maximum atomic E-state index is 12.4. The number of allylic oxidation sites excluding steroid dienone is 1. The van der Waals surface area contributed by atoms with Crippen LogP contribution in [0.1, 0.15) is 99.8 Å². The minimum atomic E-state index is -1.88. The fourth-order valence-corrected chi connectivity index (χ4v) is 16.8. The molecule has 0 aromatic rings. The Labute approximate surface area is 437 Å². The van der Waals surface area contributed by atoms with Gasteiger partial charge in [-0.3, -0.25) is 0 Å². The first-order valence-corrected chi connectivity index (χ1v) is 27.4. The molecule has 10 rings (SSSR count). The van der Waals surface area contributed by atoms with Crippen molar-refractivity contribution in [1.29, 1.82) is 0 Å². The minimum absolute atomic E-state index is 0.0166. The lowest BCUT2D eigenvalue weighted by Crippen LogP contribution is -2.68. The Morgan fingerprint density at radius 2 is 1.17 bits per heavy atom. The highest BCUT2D eigenvalue weighted by atomic mass is 16.8. The SMILES string of the molecule is C[C@@H]1O[C@@H](O[C@H]2[C@H](O[C@H]3CO[C@@H](O[C@H]4CC[C@]5(C)[C@H]6CC=C7[C@@H]8C[C@@](C)(CO)CC[C@]8(CO)[C@@H]8O[C@@H]8[C@@]7(C)[C@]6(C)CC[C@H]5C4(C)C)[C@H](O[C@@H]4O[C@H](CO)[C@@H](O)[C@H](O)[C@H]4O)[C@H]3O)O[C@H](CO)[C@@H](O)[C@@H]2O)[C@H](O)[C@H](O)[C@H]1O. The van der Waals surface area contributed by atoms with Crippen LogP contribution in [0.25, 0.3) is 0 Å². The van der Waals surface area contributed by atoms with Gasteiger partial charge >= 0.3 is 0 Å². The average molecular weight is 1080 g/mol. The number of ether oxygens (including phenoxy) is 9. The van der Waals surface area contributed by atoms with E-state index in [9.17, 15) is 66.4 Å². The summed E-state index contributed by atoms with van der Waals surface area (Å²) in [6, 6.07) is 0. The standard InChI is InChI=1S/C53H86O22/c1-22-31(58)35(62)38(65)44(68-22)74-41-37(64)33(60)26(18-55)70-47(41)71-27-19-67-46(40(34(27)61)73-45-39(66)36(63)32(59)25(17-54)69-45)72-30-11-12-50(5)28(48(30,2)3)10-13-51(6)29(50)9-8-23-24-16-49(4,20-56)14-15-53(24,21-57)43-42(75-43)52(23,51)7/h8,22,24-47,54-66H,9-21H2,1-7H3/t22-,24-,25+,26+,27-,28-,29+,30-,31-,32+,33+,34-,35+,36-,37-,38+,39+,40+,41+,42-,43+,44-,45-,46-,47-,49-,50-,51+,52-,53+/m0/s1. The van der Waals surface area contributed by atoms with E-state index in [1.54, 1.807) is 0 Å². The van der Waals surface area contributed by atoms with Gasteiger partial charge in [0.2, 0.25) is 0 Å². The van der Waals surface area contributed by atoms with E-state index in [1.807, 2.05) is 0 Å². The predicted octanol–water partition coefficient (Wildman–Crippen LogP) is -1.94. The summed E-state index contributed by atoms with van der Waals surface area (Å²) in [6.07, 6.45) is -22.7. The zero-order valence-corrected chi connectivity index (χ0v) is 44.2. The zero-order chi connectivity index (χ0) is 54.3. The Morgan fingerprint density at radius 3 is 1.81 bits per heavy atom. The molecule has 4 saturated carbocycles. The molecule has 5 aliphatic carbocycles. The van der Waals surface area contributed by atoms with Crippen molar-refractivity contribution in [2.45, 2.75) is 235 Å². The van der Waals surface area contributed by atoms with Gasteiger partial charge in [-0.05, 0) is 97.7 Å². The molecule has 0 spiro atoms. The van der Waals surface area contributed by atoms with Gasteiger partial charge in [0.25, 0.3) is 0 Å². The van der Waals surface area contributed by atoms with Crippen LogP contribution >= 0.6 is 0 Å². The monoisotopic (exact) mass is 1070 g/mol. The third-order valence-corrected chi connectivity index (χ3v) is 21.7. The third-order valence-electron chi connectivity index (χ3n) is 21.7. The number of rotatable bonds is 12. The molecule has 5 heterocycles. The van der Waals surface area contributed by atoms with E-state index in [2.05, 4.69) is 47.6 Å². The van der Waals surface area contributed by atoms with E-state index >= 15 is 0 Å². The molecule has 22 nitrogen and oxygen atoms in total. The van der Waals surface area contributed by atoms with Crippen LogP contribution in [0.15, 0.2) is 11.6 Å². The lowest BCUT2D eigenvalue weighted by molar-refractivity contribution is -0.394. The predicted molar refractivity (Wildman–Crippen MR) is 256 cm³/mol. The molecule has 430 valence electrons. The molecule has 0 radical (unpaired) electrons. The largest absolute Gasteiger partial charge is 0.396 e. The van der Waals surface area contributed by atoms with E-state index in [4.69, 9.17) is 42.6 Å². The summed E-state index contributed by atoms with van der Waals surface area (Å²) < 4.78 is 55.9. The van der Waals surface area contributed by atoms with E-state index in [1.165, 1.54) is 12.5 Å². The number of epoxide rings is 1. The number of aliphatic hydroxyl groups excluding tert-OH is 13. The Morgan fingerprint density at radius 1 is 0.560 bits per heavy atom. The molecule has 0 unspecified atom stereocenters. The van der Waals surface area contributed by atoms with Crippen molar-refractivity contribution in [3.63, 3.8) is 0 Å². The maximum absolute atomic E-state index is 12.4. The molecule has 10 aliphatic rings. The number of hydrogen-bond acceptors (Lipinski definition) is 22. The number of aliphatic hydroxyl groups is 13. The van der Waals surface area contributed by atoms with E-state index in [-0.39, 0.29) is 70.3 Å². The van der Waals surface area contributed by atoms with Crippen LogP contribution in [0.2, 0.25) is 0 Å². The molecule has 75 heavy (non-hydrogen) atoms. The molecule has 5 aliphatic heterocycles. The van der Waals surface area contributed by atoms with Gasteiger partial charge in [0.05, 0.1) is 50.8 Å². The number of fused-ring (bicyclic) bond motifs is 10. The van der Waals surface area contributed by atoms with Gasteiger partial charge in [0.1, 0.15) is 85.5 Å². The summed E-state index contributed by atoms with van der Waals surface area (Å²) in [6.45, 7) is 13.4. The first-order valence-electron chi connectivity index (χ1n) is 27.4. The zero-order valence-electron chi connectivity index (χ0n) is 44.2. The Hall–Kier alpha value is -1.14. The van der Waals surface area contributed by atoms with Crippen molar-refractivity contribution in [2.24, 2.45) is 50.2 Å². The molecule has 5 saturated heterocycles. The van der Waals surface area contributed by atoms with Gasteiger partial charge in [-0.1, -0.05) is 53.2 Å². The molecular formula is C53H86O22. The first kappa shape index (κ1) is 57.1. The highest BCUT2D eigenvalue weighted by Gasteiger charge is 2.78. The van der Waals surface area contributed by atoms with Crippen LogP contribution < -0.4 is 0 Å². The lowest BCUT2D eigenvalue weighted by Gasteiger charge is -2.70. The molecule has 30 atom stereocenters. The Balaban J connectivity index is 0.907. The molecule has 0 aromatic carbocycles. The second-order valence-corrected chi connectivity index (χ2v) is 25.9. The summed E-state index contributed by atoms with van der Waals surface area (Å²) in [5.41, 5.74) is -0.337. The summed E-state index contributed by atoms with van der Waals surface area (Å²) in [5.74, 6) is 0.499. The second kappa shape index (κ2) is 20.4. The quantitative estimate of drug-likeness (QED) is 0.0575. The fourth-order valence-electron chi connectivity index (χ4n) is 16.8. The Bertz CT molecular complexity index is 2070. The first-order chi connectivity index (χ1) is 35.3. The smallest absolute Gasteiger partial charge is 0.187 e. The summed E-state index contributed by atoms with van der Waals surface area (Å²) >= 11 is 0. The topological polar surface area (TPSA) is 349 Å². The van der Waals surface area contributed by atoms with E-state index < -0.39 is 148 Å². The second-order valence-electron chi connectivity index (χ2n) is 25.9. The molecule has 9 fully saturated rings. The normalized spacial score (nSPS) is 57.3. The van der Waals surface area contributed by atoms with Crippen LogP contribution in [-0.2, 0) is 42.6 Å². The van der Waals surface area contributed by atoms with Gasteiger partial charge in [-0.15, -0.1) is 0 Å². The van der Waals surface area contributed by atoms with Crippen LogP contribution in [0.4, 0.5) is 0 Å². The summed E-state index contributed by atoms with van der Waals surface area (Å²) in [4.78, 5) is 0. The molecule has 0 aromatic heterocycles. The average Bonchev–Trinajstić information content (AvgIpc) is 4.21. The van der Waals surface area contributed by atoms with Crippen molar-refractivity contribution >= 4 is 0 Å². The molecule has 13 N–H and O–H groups in total. The van der Waals surface area contributed by atoms with Gasteiger partial charge in [-0.25, -0.2) is 0 Å². The molecular weight excluding hydrogens is 989 g/mol. The van der Waals surface area contributed by atoms with Crippen LogP contribution in [0.5, 0.6) is 0 Å². The fraction of sp³-hybridized carbons (Fsp3) is 0.962. The van der Waals surface area contributed by atoms with Crippen molar-refractivity contribution in [2.75, 3.05) is 33.0 Å². The molecule has 22 heteroatoms. The minimum Gasteiger partial charge on any atom is -0.396 e. The number of hydrogen-bond donors (Lipinski definition) is 13. The van der Waals surface area contributed by atoms with Gasteiger partial charge < -0.3 is 109 Å². The van der Waals surface area contributed by atoms with Gasteiger partial charge in [0, 0.05) is 17.4 Å². The van der Waals surface area contributed by atoms with Crippen molar-refractivity contribution in [3.05, 3.63) is 11.6 Å². The third kappa shape index (κ3) is 8.80. The van der Waals surface area contributed by atoms with Crippen molar-refractivity contribution in [3.8, 4) is 0 Å². The Kier molecular flexibility index (Phi) is 15.5. The van der Waals surface area contributed by atoms with Crippen LogP contribution in [0.3, 0.4) is 0 Å². The van der Waals surface area contributed by atoms with E-state index in [0.29, 0.717) is 6.42 Å². The van der Waals surface area contributed by atoms with E-state index in [0.717, 1.165) is 44.9 Å².